The molecule has 2 heterocycles. The summed E-state index contributed by atoms with van der Waals surface area (Å²) in [7, 11) is 0. The van der Waals surface area contributed by atoms with Gasteiger partial charge in [0.15, 0.2) is 0 Å². The molecule has 0 atom stereocenters. The van der Waals surface area contributed by atoms with Gasteiger partial charge in [0.05, 0.1) is 31.1 Å². The third-order valence-corrected chi connectivity index (χ3v) is 3.30. The van der Waals surface area contributed by atoms with Gasteiger partial charge >= 0.3 is 11.6 Å². The van der Waals surface area contributed by atoms with Gasteiger partial charge in [-0.05, 0) is 25.7 Å². The van der Waals surface area contributed by atoms with Gasteiger partial charge in [0.1, 0.15) is 0 Å². The number of Topliss-reactive ketones (excluding diaryl/α,β-unsaturated/α-hetero) is 1. The molecule has 1 aromatic heterocycles. The number of hydrogen-bond donors (Lipinski definition) is 0. The molecule has 8 heteroatoms. The van der Waals surface area contributed by atoms with E-state index >= 15 is 0 Å². The molecule has 0 spiro atoms. The van der Waals surface area contributed by atoms with Crippen molar-refractivity contribution in [3.63, 3.8) is 0 Å². The quantitative estimate of drug-likeness (QED) is 0.302. The van der Waals surface area contributed by atoms with E-state index in [1.807, 2.05) is 5.01 Å². The number of carbonyl (C=O) groups excluding carboxylic acids is 1. The van der Waals surface area contributed by atoms with Crippen molar-refractivity contribution in [2.24, 2.45) is 10.9 Å². The number of nitrogens with zero attached hydrogens (tertiary/aromatic N) is 4. The third kappa shape index (κ3) is 2.51. The summed E-state index contributed by atoms with van der Waals surface area (Å²) in [5.74, 6) is -0.471. The lowest BCUT2D eigenvalue weighted by Gasteiger charge is -2.19. The maximum atomic E-state index is 12.4. The van der Waals surface area contributed by atoms with Crippen molar-refractivity contribution < 1.29 is 24.0 Å². The van der Waals surface area contributed by atoms with Gasteiger partial charge in [-0.2, -0.15) is 0 Å². The first-order valence-electron chi connectivity index (χ1n) is 6.68. The van der Waals surface area contributed by atoms with Gasteiger partial charge < -0.3 is 9.84 Å². The van der Waals surface area contributed by atoms with Crippen LogP contribution in [0.3, 0.4) is 0 Å². The summed E-state index contributed by atoms with van der Waals surface area (Å²) in [5, 5.41) is 16.9. The SMILES string of the molecule is C/C([O-])=N/c1on[n+](N2CCOCC2)c1C(=O)C1CC1. The van der Waals surface area contributed by atoms with Gasteiger partial charge in [-0.1, -0.05) is 0 Å². The minimum absolute atomic E-state index is 0.000826. The highest BCUT2D eigenvalue weighted by molar-refractivity contribution is 5.99. The Hall–Kier alpha value is -1.96. The predicted molar refractivity (Wildman–Crippen MR) is 65.3 cm³/mol. The zero-order chi connectivity index (χ0) is 14.1. The Balaban J connectivity index is 1.97. The molecule has 1 aliphatic carbocycles. The van der Waals surface area contributed by atoms with Crippen LogP contribution in [0.2, 0.25) is 0 Å². The van der Waals surface area contributed by atoms with E-state index in [0.29, 0.717) is 26.3 Å². The lowest BCUT2D eigenvalue weighted by molar-refractivity contribution is -0.761. The average molecular weight is 280 g/mol. The monoisotopic (exact) mass is 280 g/mol. The Morgan fingerprint density at radius 2 is 2.15 bits per heavy atom. The van der Waals surface area contributed by atoms with E-state index in [2.05, 4.69) is 10.3 Å². The molecule has 2 fully saturated rings. The maximum Gasteiger partial charge on any atom is 0.376 e. The van der Waals surface area contributed by atoms with E-state index in [1.165, 1.54) is 11.7 Å². The summed E-state index contributed by atoms with van der Waals surface area (Å²) < 4.78 is 10.4. The van der Waals surface area contributed by atoms with Crippen molar-refractivity contribution in [1.82, 2.24) is 5.27 Å². The van der Waals surface area contributed by atoms with Gasteiger partial charge in [0, 0.05) is 5.92 Å². The maximum absolute atomic E-state index is 12.4. The number of aromatic nitrogens is 2. The highest BCUT2D eigenvalue weighted by Crippen LogP contribution is 2.34. The zero-order valence-corrected chi connectivity index (χ0v) is 11.2. The Kier molecular flexibility index (Phi) is 3.39. The minimum atomic E-state index is -0.417. The standard InChI is InChI=1S/C12H16N4O4/c1-8(17)13-12-10(11(18)9-2-3-9)16(14-20-12)15-4-6-19-7-5-15/h9H,2-7H2,1H3. The molecule has 2 aliphatic rings. The summed E-state index contributed by atoms with van der Waals surface area (Å²) in [4.78, 5) is 17.6. The van der Waals surface area contributed by atoms with Crippen LogP contribution in [0.4, 0.5) is 5.88 Å². The fraction of sp³-hybridized carbons (Fsp3) is 0.667. The number of ether oxygens (including phenoxy) is 1. The molecular weight excluding hydrogens is 264 g/mol. The summed E-state index contributed by atoms with van der Waals surface area (Å²) in [5.41, 5.74) is 0.268. The second-order valence-corrected chi connectivity index (χ2v) is 4.95. The van der Waals surface area contributed by atoms with Crippen LogP contribution in [0.1, 0.15) is 30.3 Å². The van der Waals surface area contributed by atoms with Crippen molar-refractivity contribution >= 4 is 17.6 Å². The van der Waals surface area contributed by atoms with Crippen LogP contribution in [0.15, 0.2) is 9.52 Å². The molecule has 8 nitrogen and oxygen atoms in total. The fourth-order valence-electron chi connectivity index (χ4n) is 2.14. The van der Waals surface area contributed by atoms with Gasteiger partial charge in [0.25, 0.3) is 0 Å². The molecule has 3 rings (SSSR count). The summed E-state index contributed by atoms with van der Waals surface area (Å²) in [6.45, 7) is 3.67. The molecule has 0 N–H and O–H groups in total. The molecule has 1 aromatic rings. The lowest BCUT2D eigenvalue weighted by Crippen LogP contribution is -2.65. The van der Waals surface area contributed by atoms with Gasteiger partial charge in [-0.25, -0.2) is 4.99 Å². The van der Waals surface area contributed by atoms with Crippen LogP contribution in [0.25, 0.3) is 0 Å². The molecule has 0 aromatic carbocycles. The number of aliphatic imine (C=N–C) groups is 1. The fourth-order valence-corrected chi connectivity index (χ4v) is 2.14. The highest BCUT2D eigenvalue weighted by Gasteiger charge is 2.43. The first kappa shape index (κ1) is 13.0. The van der Waals surface area contributed by atoms with Crippen molar-refractivity contribution in [2.45, 2.75) is 19.8 Å². The molecule has 0 unspecified atom stereocenters. The largest absolute Gasteiger partial charge is 0.862 e. The second kappa shape index (κ2) is 5.20. The van der Waals surface area contributed by atoms with E-state index in [1.54, 1.807) is 0 Å². The topological polar surface area (TPSA) is 94.9 Å². The smallest absolute Gasteiger partial charge is 0.376 e. The number of morpholine rings is 1. The molecule has 0 amide bonds. The van der Waals surface area contributed by atoms with Gasteiger partial charge in [-0.3, -0.25) is 9.32 Å². The Morgan fingerprint density at radius 3 is 2.75 bits per heavy atom. The Morgan fingerprint density at radius 1 is 1.45 bits per heavy atom. The third-order valence-electron chi connectivity index (χ3n) is 3.30. The van der Waals surface area contributed by atoms with E-state index < -0.39 is 5.90 Å². The number of ketones is 1. The van der Waals surface area contributed by atoms with Crippen molar-refractivity contribution in [3.8, 4) is 0 Å². The second-order valence-electron chi connectivity index (χ2n) is 4.95. The number of hydrogen-bond acceptors (Lipinski definition) is 7. The van der Waals surface area contributed by atoms with Gasteiger partial charge in [0.2, 0.25) is 11.1 Å². The van der Waals surface area contributed by atoms with Crippen molar-refractivity contribution in [3.05, 3.63) is 5.69 Å². The molecule has 20 heavy (non-hydrogen) atoms. The normalized spacial score (nSPS) is 20.2. The zero-order valence-electron chi connectivity index (χ0n) is 11.2. The van der Waals surface area contributed by atoms with E-state index in [0.717, 1.165) is 12.8 Å². The predicted octanol–water partition coefficient (Wildman–Crippen LogP) is -1.07. The number of carbonyl (C=O) groups is 1. The molecule has 108 valence electrons. The lowest BCUT2D eigenvalue weighted by atomic mass is 10.2. The van der Waals surface area contributed by atoms with Crippen LogP contribution >= 0.6 is 0 Å². The Labute approximate surface area is 115 Å². The van der Waals surface area contributed by atoms with Crippen LogP contribution in [0, 0.1) is 5.92 Å². The minimum Gasteiger partial charge on any atom is -0.862 e. The van der Waals surface area contributed by atoms with Crippen LogP contribution in [-0.2, 0) is 4.74 Å². The van der Waals surface area contributed by atoms with Crippen LogP contribution < -0.4 is 14.9 Å². The first-order valence-corrected chi connectivity index (χ1v) is 6.68. The van der Waals surface area contributed by atoms with E-state index in [9.17, 15) is 9.90 Å². The molecule has 1 saturated heterocycles. The van der Waals surface area contributed by atoms with Crippen molar-refractivity contribution in [2.75, 3.05) is 31.3 Å². The molecule has 0 radical (unpaired) electrons. The molecule has 1 saturated carbocycles. The molecular formula is C12H16N4O4. The molecule has 1 aliphatic heterocycles. The van der Waals surface area contributed by atoms with Gasteiger partial charge in [-0.15, -0.1) is 5.01 Å². The molecule has 0 bridgehead atoms. The average Bonchev–Trinajstić information content (AvgIpc) is 3.20. The number of rotatable bonds is 4. The van der Waals surface area contributed by atoms with Crippen LogP contribution in [0.5, 0.6) is 0 Å². The highest BCUT2D eigenvalue weighted by atomic mass is 16.5. The first-order chi connectivity index (χ1) is 9.66. The van der Waals surface area contributed by atoms with Crippen LogP contribution in [-0.4, -0.2) is 43.3 Å². The van der Waals surface area contributed by atoms with E-state index in [4.69, 9.17) is 9.26 Å². The summed E-state index contributed by atoms with van der Waals surface area (Å²) in [6, 6.07) is 0. The Bertz CT molecular complexity index is 540. The summed E-state index contributed by atoms with van der Waals surface area (Å²) in [6.07, 6.45) is 1.74. The summed E-state index contributed by atoms with van der Waals surface area (Å²) >= 11 is 0. The van der Waals surface area contributed by atoms with E-state index in [-0.39, 0.29) is 23.3 Å². The van der Waals surface area contributed by atoms with Crippen molar-refractivity contribution in [1.29, 1.82) is 0 Å².